The van der Waals surface area contributed by atoms with Gasteiger partial charge >= 0.3 is 5.97 Å². The molecule has 1 heterocycles. The fourth-order valence-electron chi connectivity index (χ4n) is 8.49. The Kier molecular flexibility index (Phi) is 16.8. The summed E-state index contributed by atoms with van der Waals surface area (Å²) in [7, 11) is 0. The molecule has 5 rings (SSSR count). The van der Waals surface area contributed by atoms with Gasteiger partial charge in [-0.2, -0.15) is 0 Å². The third kappa shape index (κ3) is 12.7. The first-order chi connectivity index (χ1) is 28.0. The zero-order valence-corrected chi connectivity index (χ0v) is 33.5. The number of nitrogens with zero attached hydrogens (tertiary/aromatic N) is 1. The minimum absolute atomic E-state index is 0.0849. The van der Waals surface area contributed by atoms with Crippen molar-refractivity contribution in [3.05, 3.63) is 71.8 Å². The van der Waals surface area contributed by atoms with Gasteiger partial charge in [-0.15, -0.1) is 0 Å². The lowest BCUT2D eigenvalue weighted by Crippen LogP contribution is -2.58. The largest absolute Gasteiger partial charge is 0.479 e. The summed E-state index contributed by atoms with van der Waals surface area (Å²) in [6.07, 6.45) is 10.4. The topological polar surface area (TPSA) is 200 Å². The van der Waals surface area contributed by atoms with E-state index >= 15 is 0 Å². The number of Topliss-reactive ketones (excluding diaryl/α,β-unsaturated/α-hetero) is 1. The van der Waals surface area contributed by atoms with Crippen LogP contribution in [-0.4, -0.2) is 88.6 Å². The van der Waals surface area contributed by atoms with Crippen molar-refractivity contribution in [1.29, 1.82) is 0 Å². The Bertz CT molecular complexity index is 1710. The van der Waals surface area contributed by atoms with E-state index in [0.717, 1.165) is 63.4 Å². The van der Waals surface area contributed by atoms with Crippen LogP contribution < -0.4 is 21.3 Å². The summed E-state index contributed by atoms with van der Waals surface area (Å²) < 4.78 is 6.25. The molecule has 0 spiro atoms. The van der Waals surface area contributed by atoms with Crippen molar-refractivity contribution in [2.45, 2.75) is 134 Å². The van der Waals surface area contributed by atoms with E-state index in [1.54, 1.807) is 37.3 Å². The first-order valence-corrected chi connectivity index (χ1v) is 21.0. The smallest absolute Gasteiger partial charge is 0.330 e. The van der Waals surface area contributed by atoms with Crippen LogP contribution in [-0.2, 0) is 44.9 Å². The molecule has 14 heteroatoms. The minimum atomic E-state index is -1.37. The van der Waals surface area contributed by atoms with Gasteiger partial charge in [-0.3, -0.25) is 28.8 Å². The van der Waals surface area contributed by atoms with E-state index in [9.17, 15) is 38.7 Å². The number of ketones is 1. The summed E-state index contributed by atoms with van der Waals surface area (Å²) in [5.41, 5.74) is 1.26. The molecule has 3 fully saturated rings. The van der Waals surface area contributed by atoms with Crippen LogP contribution in [0.3, 0.4) is 0 Å². The number of benzene rings is 2. The van der Waals surface area contributed by atoms with Gasteiger partial charge in [0, 0.05) is 19.4 Å². The second-order valence-corrected chi connectivity index (χ2v) is 16.0. The number of amides is 5. The summed E-state index contributed by atoms with van der Waals surface area (Å²) in [6, 6.07) is 13.1. The fourth-order valence-corrected chi connectivity index (χ4v) is 8.49. The highest BCUT2D eigenvalue weighted by atomic mass is 16.5. The summed E-state index contributed by atoms with van der Waals surface area (Å²) in [5.74, 6) is -5.16. The van der Waals surface area contributed by atoms with Gasteiger partial charge in [0.05, 0.1) is 25.3 Å². The van der Waals surface area contributed by atoms with Crippen LogP contribution in [0.5, 0.6) is 0 Å². The fraction of sp³-hybridized carbons (Fsp3) is 0.568. The maximum absolute atomic E-state index is 14.7. The Morgan fingerprint density at radius 2 is 1.43 bits per heavy atom. The molecule has 3 aliphatic rings. The third-order valence-corrected chi connectivity index (χ3v) is 11.6. The van der Waals surface area contributed by atoms with Crippen molar-refractivity contribution in [3.8, 4) is 0 Å². The summed E-state index contributed by atoms with van der Waals surface area (Å²) in [4.78, 5) is 95.0. The number of rotatable bonds is 19. The SMILES string of the molecule is CCCC(NC(=O)[C@@H]1C[C@@H](OCc2ccccc2)CN1C(=O)C(NC(=O)CC1CCCCC1)C1CCCCC1)C(=O)C(=O)NCC(=O)NC(C(=O)O)c1ccccc1. The predicted octanol–water partition coefficient (Wildman–Crippen LogP) is 4.12. The number of carbonyl (C=O) groups is 7. The van der Waals surface area contributed by atoms with Crippen molar-refractivity contribution < 1.29 is 43.4 Å². The molecule has 58 heavy (non-hydrogen) atoms. The van der Waals surface area contributed by atoms with E-state index in [1.807, 2.05) is 30.3 Å². The maximum atomic E-state index is 14.7. The maximum Gasteiger partial charge on any atom is 0.330 e. The van der Waals surface area contributed by atoms with Crippen LogP contribution in [0.15, 0.2) is 60.7 Å². The van der Waals surface area contributed by atoms with Gasteiger partial charge in [-0.1, -0.05) is 113 Å². The molecule has 0 radical (unpaired) electrons. The van der Waals surface area contributed by atoms with Crippen molar-refractivity contribution in [1.82, 2.24) is 26.2 Å². The number of hydrogen-bond acceptors (Lipinski definition) is 8. The standard InChI is InChI=1S/C44H59N5O9/c1-2-15-34(40(52)42(54)45-26-37(51)48-39(44(56)57)32-22-13-6-14-23-32)46-41(53)35-25-33(58-28-30-18-9-4-10-19-30)27-49(35)43(55)38(31-20-11-5-12-21-31)47-36(50)24-29-16-7-3-8-17-29/h4,6,9-10,13-14,18-19,22-23,29,31,33-35,38-39H,2-3,5,7-8,11-12,15-17,20-21,24-28H2,1H3,(H,45,54)(H,46,53)(H,47,50)(H,48,51)(H,56,57)/t33-,34?,35+,38?,39?/m1/s1. The van der Waals surface area contributed by atoms with Gasteiger partial charge in [0.15, 0.2) is 6.04 Å². The Hall–Kier alpha value is -5.11. The van der Waals surface area contributed by atoms with Gasteiger partial charge < -0.3 is 36.0 Å². The number of ether oxygens (including phenoxy) is 1. The Morgan fingerprint density at radius 3 is 2.07 bits per heavy atom. The summed E-state index contributed by atoms with van der Waals surface area (Å²) in [6.45, 7) is 1.48. The molecule has 0 bridgehead atoms. The van der Waals surface area contributed by atoms with E-state index in [2.05, 4.69) is 21.3 Å². The number of carboxylic acids is 1. The molecule has 2 saturated carbocycles. The number of aliphatic carboxylic acids is 1. The van der Waals surface area contributed by atoms with Gasteiger partial charge in [0.1, 0.15) is 12.1 Å². The van der Waals surface area contributed by atoms with Gasteiger partial charge in [0.2, 0.25) is 29.4 Å². The lowest BCUT2D eigenvalue weighted by Gasteiger charge is -2.35. The normalized spacial score (nSPS) is 20.3. The number of carboxylic acid groups (broad SMARTS) is 1. The van der Waals surface area contributed by atoms with Crippen LogP contribution >= 0.6 is 0 Å². The molecule has 2 aliphatic carbocycles. The minimum Gasteiger partial charge on any atom is -0.479 e. The van der Waals surface area contributed by atoms with Crippen LogP contribution in [0.25, 0.3) is 0 Å². The molecule has 2 aromatic carbocycles. The van der Waals surface area contributed by atoms with Crippen LogP contribution in [0.2, 0.25) is 0 Å². The van der Waals surface area contributed by atoms with Crippen LogP contribution in [0.4, 0.5) is 0 Å². The number of hydrogen-bond donors (Lipinski definition) is 5. The zero-order valence-electron chi connectivity index (χ0n) is 33.5. The first-order valence-electron chi connectivity index (χ1n) is 21.0. The van der Waals surface area contributed by atoms with Crippen LogP contribution in [0.1, 0.15) is 114 Å². The molecule has 314 valence electrons. The molecular weight excluding hydrogens is 743 g/mol. The lowest BCUT2D eigenvalue weighted by atomic mass is 9.82. The second-order valence-electron chi connectivity index (χ2n) is 16.0. The second kappa shape index (κ2) is 22.2. The van der Waals surface area contributed by atoms with Gasteiger partial charge in [-0.05, 0) is 55.1 Å². The monoisotopic (exact) mass is 801 g/mol. The number of likely N-dealkylation sites (tertiary alicyclic amines) is 1. The van der Waals surface area contributed by atoms with Crippen LogP contribution in [0, 0.1) is 11.8 Å². The summed E-state index contributed by atoms with van der Waals surface area (Å²) in [5, 5.41) is 20.1. The number of carbonyl (C=O) groups excluding carboxylic acids is 6. The highest BCUT2D eigenvalue weighted by Crippen LogP contribution is 2.31. The molecule has 1 saturated heterocycles. The van der Waals surface area contributed by atoms with Crippen molar-refractivity contribution >= 4 is 41.3 Å². The van der Waals surface area contributed by atoms with E-state index in [0.29, 0.717) is 18.4 Å². The first kappa shape index (κ1) is 44.0. The Balaban J connectivity index is 1.28. The highest BCUT2D eigenvalue weighted by Gasteiger charge is 2.45. The lowest BCUT2D eigenvalue weighted by molar-refractivity contribution is -0.145. The molecule has 14 nitrogen and oxygen atoms in total. The molecule has 3 unspecified atom stereocenters. The van der Waals surface area contributed by atoms with Gasteiger partial charge in [-0.25, -0.2) is 4.79 Å². The third-order valence-electron chi connectivity index (χ3n) is 11.6. The van der Waals surface area contributed by atoms with Crippen molar-refractivity contribution in [3.63, 3.8) is 0 Å². The molecule has 1 aliphatic heterocycles. The Morgan fingerprint density at radius 1 is 0.793 bits per heavy atom. The summed E-state index contributed by atoms with van der Waals surface area (Å²) >= 11 is 0. The van der Waals surface area contributed by atoms with Crippen molar-refractivity contribution in [2.24, 2.45) is 11.8 Å². The van der Waals surface area contributed by atoms with Crippen molar-refractivity contribution in [2.75, 3.05) is 13.1 Å². The Labute approximate surface area is 340 Å². The van der Waals surface area contributed by atoms with E-state index in [1.165, 1.54) is 11.3 Å². The molecule has 0 aromatic heterocycles. The van der Waals surface area contributed by atoms with Gasteiger partial charge in [0.25, 0.3) is 5.91 Å². The molecule has 2 aromatic rings. The van der Waals surface area contributed by atoms with E-state index in [-0.39, 0.29) is 49.6 Å². The highest BCUT2D eigenvalue weighted by molar-refractivity contribution is 6.38. The quantitative estimate of drug-likeness (QED) is 0.130. The molecule has 5 N–H and O–H groups in total. The average molecular weight is 802 g/mol. The zero-order chi connectivity index (χ0) is 41.4. The average Bonchev–Trinajstić information content (AvgIpc) is 3.68. The van der Waals surface area contributed by atoms with E-state index in [4.69, 9.17) is 4.74 Å². The van der Waals surface area contributed by atoms with E-state index < -0.39 is 66.3 Å². The predicted molar refractivity (Wildman–Crippen MR) is 215 cm³/mol. The molecular formula is C44H59N5O9. The molecule has 5 atom stereocenters. The number of nitrogens with one attached hydrogen (secondary N) is 4. The molecule has 5 amide bonds.